The molecule has 0 unspecified atom stereocenters. The van der Waals surface area contributed by atoms with E-state index in [-0.39, 0.29) is 19.1 Å². The molecule has 0 saturated carbocycles. The first-order valence-corrected chi connectivity index (χ1v) is 6.70. The van der Waals surface area contributed by atoms with Gasteiger partial charge in [0.2, 0.25) is 0 Å². The highest BCUT2D eigenvalue weighted by molar-refractivity contribution is 5.88. The minimum absolute atomic E-state index is 0.281. The molecule has 0 aliphatic heterocycles. The van der Waals surface area contributed by atoms with E-state index in [4.69, 9.17) is 4.74 Å². The van der Waals surface area contributed by atoms with Crippen LogP contribution in [0, 0.1) is 6.92 Å². The fourth-order valence-electron chi connectivity index (χ4n) is 1.36. The average Bonchev–Trinajstić information content (AvgIpc) is 2.35. The van der Waals surface area contributed by atoms with Gasteiger partial charge in [0, 0.05) is 19.3 Å². The number of anilines is 1. The number of aromatic nitrogens is 1. The zero-order valence-electron chi connectivity index (χ0n) is 12.8. The minimum Gasteiger partial charge on any atom is -0.444 e. The third kappa shape index (κ3) is 7.76. The standard InChI is InChI=1S/C14H22N4O3/c1-10-5-6-11(17-9-10)18-12(19)15-7-8-16-13(20)21-14(2,3)4/h5-6,9H,7-8H2,1-4H3,(H,16,20)(H2,15,17,18,19). The lowest BCUT2D eigenvalue weighted by Crippen LogP contribution is -2.39. The first-order valence-electron chi connectivity index (χ1n) is 6.70. The van der Waals surface area contributed by atoms with Gasteiger partial charge in [0.15, 0.2) is 0 Å². The Morgan fingerprint density at radius 2 is 1.86 bits per heavy atom. The van der Waals surface area contributed by atoms with Crippen molar-refractivity contribution in [1.82, 2.24) is 15.6 Å². The Morgan fingerprint density at radius 1 is 1.19 bits per heavy atom. The second-order valence-corrected chi connectivity index (χ2v) is 5.53. The van der Waals surface area contributed by atoms with Crippen LogP contribution in [0.5, 0.6) is 0 Å². The number of pyridine rings is 1. The molecule has 0 aromatic carbocycles. The van der Waals surface area contributed by atoms with Crippen LogP contribution in [0.15, 0.2) is 18.3 Å². The lowest BCUT2D eigenvalue weighted by atomic mass is 10.2. The molecular weight excluding hydrogens is 272 g/mol. The maximum absolute atomic E-state index is 11.6. The van der Waals surface area contributed by atoms with Gasteiger partial charge in [-0.25, -0.2) is 14.6 Å². The van der Waals surface area contributed by atoms with Gasteiger partial charge in [-0.3, -0.25) is 5.32 Å². The van der Waals surface area contributed by atoms with E-state index in [1.54, 1.807) is 33.0 Å². The first-order chi connectivity index (χ1) is 9.76. The molecule has 7 heteroatoms. The molecule has 3 amide bonds. The van der Waals surface area contributed by atoms with E-state index >= 15 is 0 Å². The molecule has 1 aromatic rings. The summed E-state index contributed by atoms with van der Waals surface area (Å²) in [5.74, 6) is 0.471. The molecule has 1 rings (SSSR count). The summed E-state index contributed by atoms with van der Waals surface area (Å²) in [6.45, 7) is 7.84. The SMILES string of the molecule is Cc1ccc(NC(=O)NCCNC(=O)OC(C)(C)C)nc1. The van der Waals surface area contributed by atoms with Crippen molar-refractivity contribution in [2.45, 2.75) is 33.3 Å². The molecule has 0 aliphatic rings. The van der Waals surface area contributed by atoms with Crippen molar-refractivity contribution in [1.29, 1.82) is 0 Å². The highest BCUT2D eigenvalue weighted by atomic mass is 16.6. The number of hydrogen-bond donors (Lipinski definition) is 3. The van der Waals surface area contributed by atoms with Gasteiger partial charge in [0.05, 0.1) is 0 Å². The number of amides is 3. The van der Waals surface area contributed by atoms with E-state index in [0.29, 0.717) is 5.82 Å². The molecular formula is C14H22N4O3. The number of hydrogen-bond acceptors (Lipinski definition) is 4. The smallest absolute Gasteiger partial charge is 0.407 e. The summed E-state index contributed by atoms with van der Waals surface area (Å²) in [4.78, 5) is 27.0. The number of aryl methyl sites for hydroxylation is 1. The minimum atomic E-state index is -0.536. The molecule has 3 N–H and O–H groups in total. The summed E-state index contributed by atoms with van der Waals surface area (Å²) in [6, 6.07) is 3.19. The van der Waals surface area contributed by atoms with Crippen molar-refractivity contribution in [2.75, 3.05) is 18.4 Å². The summed E-state index contributed by atoms with van der Waals surface area (Å²) >= 11 is 0. The molecule has 0 aliphatic carbocycles. The lowest BCUT2D eigenvalue weighted by Gasteiger charge is -2.19. The summed E-state index contributed by atoms with van der Waals surface area (Å²) in [5.41, 5.74) is 0.481. The summed E-state index contributed by atoms with van der Waals surface area (Å²) < 4.78 is 5.06. The molecule has 7 nitrogen and oxygen atoms in total. The fraction of sp³-hybridized carbons (Fsp3) is 0.500. The Bertz CT molecular complexity index is 480. The average molecular weight is 294 g/mol. The van der Waals surface area contributed by atoms with Crippen LogP contribution in [0.2, 0.25) is 0 Å². The zero-order chi connectivity index (χ0) is 15.9. The van der Waals surface area contributed by atoms with E-state index in [1.165, 1.54) is 0 Å². The quantitative estimate of drug-likeness (QED) is 0.741. The first kappa shape index (κ1) is 16.7. The number of rotatable bonds is 4. The highest BCUT2D eigenvalue weighted by Gasteiger charge is 2.15. The van der Waals surface area contributed by atoms with Crippen LogP contribution in [0.4, 0.5) is 15.4 Å². The predicted octanol–water partition coefficient (Wildman–Crippen LogP) is 2.04. The summed E-state index contributed by atoms with van der Waals surface area (Å²) in [7, 11) is 0. The van der Waals surface area contributed by atoms with Crippen LogP contribution in [0.25, 0.3) is 0 Å². The molecule has 0 fully saturated rings. The van der Waals surface area contributed by atoms with Gasteiger partial charge in [-0.2, -0.15) is 0 Å². The molecule has 116 valence electrons. The summed E-state index contributed by atoms with van der Waals surface area (Å²) in [6.07, 6.45) is 1.16. The van der Waals surface area contributed by atoms with Crippen molar-refractivity contribution in [2.24, 2.45) is 0 Å². The Balaban J connectivity index is 2.19. The lowest BCUT2D eigenvalue weighted by molar-refractivity contribution is 0.0528. The van der Waals surface area contributed by atoms with E-state index in [1.807, 2.05) is 13.0 Å². The third-order valence-electron chi connectivity index (χ3n) is 2.23. The number of carbonyl (C=O) groups is 2. The van der Waals surface area contributed by atoms with Gasteiger partial charge in [-0.15, -0.1) is 0 Å². The van der Waals surface area contributed by atoms with Crippen LogP contribution in [-0.4, -0.2) is 35.8 Å². The molecule has 21 heavy (non-hydrogen) atoms. The Morgan fingerprint density at radius 3 is 2.43 bits per heavy atom. The molecule has 0 bridgehead atoms. The Kier molecular flexibility index (Phi) is 5.95. The van der Waals surface area contributed by atoms with E-state index < -0.39 is 11.7 Å². The number of ether oxygens (including phenoxy) is 1. The predicted molar refractivity (Wildman–Crippen MR) is 80.2 cm³/mol. The Hall–Kier alpha value is -2.31. The van der Waals surface area contributed by atoms with Gasteiger partial charge in [0.1, 0.15) is 11.4 Å². The zero-order valence-corrected chi connectivity index (χ0v) is 12.8. The second kappa shape index (κ2) is 7.47. The van der Waals surface area contributed by atoms with E-state index in [9.17, 15) is 9.59 Å². The molecule has 0 radical (unpaired) electrons. The van der Waals surface area contributed by atoms with Crippen LogP contribution in [-0.2, 0) is 4.74 Å². The van der Waals surface area contributed by atoms with Crippen molar-refractivity contribution in [3.8, 4) is 0 Å². The van der Waals surface area contributed by atoms with Crippen LogP contribution < -0.4 is 16.0 Å². The van der Waals surface area contributed by atoms with Gasteiger partial charge in [-0.05, 0) is 39.3 Å². The van der Waals surface area contributed by atoms with Crippen molar-refractivity contribution < 1.29 is 14.3 Å². The van der Waals surface area contributed by atoms with Gasteiger partial charge in [-0.1, -0.05) is 6.07 Å². The molecule has 0 saturated heterocycles. The Labute approximate surface area is 124 Å². The van der Waals surface area contributed by atoms with Crippen molar-refractivity contribution in [3.05, 3.63) is 23.9 Å². The third-order valence-corrected chi connectivity index (χ3v) is 2.23. The van der Waals surface area contributed by atoms with E-state index in [0.717, 1.165) is 5.56 Å². The van der Waals surface area contributed by atoms with Crippen molar-refractivity contribution >= 4 is 17.9 Å². The van der Waals surface area contributed by atoms with Crippen LogP contribution in [0.1, 0.15) is 26.3 Å². The number of nitrogens with one attached hydrogen (secondary N) is 3. The topological polar surface area (TPSA) is 92.4 Å². The number of alkyl carbamates (subject to hydrolysis) is 1. The normalized spacial score (nSPS) is 10.7. The highest BCUT2D eigenvalue weighted by Crippen LogP contribution is 2.06. The van der Waals surface area contributed by atoms with Crippen molar-refractivity contribution in [3.63, 3.8) is 0 Å². The maximum atomic E-state index is 11.6. The second-order valence-electron chi connectivity index (χ2n) is 5.53. The molecule has 0 atom stereocenters. The largest absolute Gasteiger partial charge is 0.444 e. The summed E-state index contributed by atoms with van der Waals surface area (Å²) in [5, 5.41) is 7.74. The van der Waals surface area contributed by atoms with Crippen LogP contribution in [0.3, 0.4) is 0 Å². The maximum Gasteiger partial charge on any atom is 0.407 e. The van der Waals surface area contributed by atoms with E-state index in [2.05, 4.69) is 20.9 Å². The van der Waals surface area contributed by atoms with Crippen LogP contribution >= 0.6 is 0 Å². The number of urea groups is 1. The van der Waals surface area contributed by atoms with Gasteiger partial charge >= 0.3 is 12.1 Å². The fourth-order valence-corrected chi connectivity index (χ4v) is 1.36. The molecule has 1 heterocycles. The van der Waals surface area contributed by atoms with Gasteiger partial charge < -0.3 is 15.4 Å². The number of carbonyl (C=O) groups excluding carboxylic acids is 2. The molecule has 0 spiro atoms. The molecule has 1 aromatic heterocycles. The van der Waals surface area contributed by atoms with Gasteiger partial charge in [0.25, 0.3) is 0 Å². The monoisotopic (exact) mass is 294 g/mol. The number of nitrogens with zero attached hydrogens (tertiary/aromatic N) is 1.